The fourth-order valence-electron chi connectivity index (χ4n) is 2.43. The second-order valence-corrected chi connectivity index (χ2v) is 4.95. The maximum absolute atomic E-state index is 5.35. The number of hydrogen-bond donors (Lipinski definition) is 0. The predicted molar refractivity (Wildman–Crippen MR) is 83.0 cm³/mol. The van der Waals surface area contributed by atoms with Crippen LogP contribution in [0.15, 0.2) is 59.4 Å². The summed E-state index contributed by atoms with van der Waals surface area (Å²) in [7, 11) is 0. The van der Waals surface area contributed by atoms with Crippen LogP contribution < -0.4 is 0 Å². The van der Waals surface area contributed by atoms with E-state index in [2.05, 4.69) is 15.1 Å². The second-order valence-electron chi connectivity index (χ2n) is 4.95. The van der Waals surface area contributed by atoms with Crippen LogP contribution in [-0.4, -0.2) is 20.1 Å². The summed E-state index contributed by atoms with van der Waals surface area (Å²) in [5, 5.41) is 4.88. The predicted octanol–water partition coefficient (Wildman–Crippen LogP) is 3.66. The highest BCUT2D eigenvalue weighted by molar-refractivity contribution is 5.94. The summed E-state index contributed by atoms with van der Waals surface area (Å²) in [6.07, 6.45) is 3.51. The van der Waals surface area contributed by atoms with Crippen molar-refractivity contribution in [1.29, 1.82) is 0 Å². The highest BCUT2D eigenvalue weighted by Gasteiger charge is 2.13. The Morgan fingerprint density at radius 1 is 0.955 bits per heavy atom. The zero-order valence-corrected chi connectivity index (χ0v) is 11.9. The first-order chi connectivity index (χ1) is 10.8. The van der Waals surface area contributed by atoms with Crippen LogP contribution in [0.1, 0.15) is 5.82 Å². The Morgan fingerprint density at radius 3 is 2.55 bits per heavy atom. The van der Waals surface area contributed by atoms with Crippen LogP contribution >= 0.6 is 0 Å². The fraction of sp³-hybridized carbons (Fsp3) is 0.0588. The van der Waals surface area contributed by atoms with Gasteiger partial charge in [-0.2, -0.15) is 4.98 Å². The molecule has 5 heteroatoms. The summed E-state index contributed by atoms with van der Waals surface area (Å²) < 4.78 is 5.35. The number of aromatic nitrogens is 4. The Balaban J connectivity index is 2.01. The fourth-order valence-corrected chi connectivity index (χ4v) is 2.43. The SMILES string of the molecule is Cc1noc(-c2cc(-c3ccncc3)nc3ccccc23)n1. The molecule has 0 fully saturated rings. The van der Waals surface area contributed by atoms with Crippen molar-refractivity contribution in [3.63, 3.8) is 0 Å². The third-order valence-corrected chi connectivity index (χ3v) is 3.45. The standard InChI is InChI=1S/C17H12N4O/c1-11-19-17(22-21-11)14-10-16(12-6-8-18-9-7-12)20-15-5-3-2-4-13(14)15/h2-10H,1H3. The van der Waals surface area contributed by atoms with E-state index in [0.29, 0.717) is 11.7 Å². The van der Waals surface area contributed by atoms with Crippen molar-refractivity contribution in [2.75, 3.05) is 0 Å². The lowest BCUT2D eigenvalue weighted by Gasteiger charge is -2.07. The van der Waals surface area contributed by atoms with Gasteiger partial charge in [0.2, 0.25) is 0 Å². The highest BCUT2D eigenvalue weighted by Crippen LogP contribution is 2.30. The summed E-state index contributed by atoms with van der Waals surface area (Å²) in [5.41, 5.74) is 3.63. The molecule has 4 rings (SSSR count). The molecule has 0 saturated heterocycles. The first kappa shape index (κ1) is 12.6. The number of para-hydroxylation sites is 1. The van der Waals surface area contributed by atoms with Crippen molar-refractivity contribution in [2.24, 2.45) is 0 Å². The smallest absolute Gasteiger partial charge is 0.258 e. The number of pyridine rings is 2. The molecule has 3 heterocycles. The zero-order chi connectivity index (χ0) is 14.9. The van der Waals surface area contributed by atoms with Crippen molar-refractivity contribution in [3.8, 4) is 22.7 Å². The normalized spacial score (nSPS) is 11.0. The van der Waals surface area contributed by atoms with Crippen molar-refractivity contribution in [3.05, 3.63) is 60.7 Å². The summed E-state index contributed by atoms with van der Waals surface area (Å²) in [6.45, 7) is 1.81. The minimum absolute atomic E-state index is 0.506. The van der Waals surface area contributed by atoms with Crippen LogP contribution in [0, 0.1) is 6.92 Å². The van der Waals surface area contributed by atoms with Crippen molar-refractivity contribution in [2.45, 2.75) is 6.92 Å². The van der Waals surface area contributed by atoms with Gasteiger partial charge < -0.3 is 4.52 Å². The van der Waals surface area contributed by atoms with E-state index in [1.165, 1.54) is 0 Å². The van der Waals surface area contributed by atoms with Crippen molar-refractivity contribution >= 4 is 10.9 Å². The topological polar surface area (TPSA) is 64.7 Å². The molecule has 0 atom stereocenters. The van der Waals surface area contributed by atoms with Gasteiger partial charge in [-0.05, 0) is 31.2 Å². The molecule has 0 amide bonds. The second kappa shape index (κ2) is 5.04. The van der Waals surface area contributed by atoms with Gasteiger partial charge >= 0.3 is 0 Å². The molecular formula is C17H12N4O. The quantitative estimate of drug-likeness (QED) is 0.563. The maximum atomic E-state index is 5.35. The maximum Gasteiger partial charge on any atom is 0.258 e. The van der Waals surface area contributed by atoms with E-state index >= 15 is 0 Å². The minimum atomic E-state index is 0.506. The number of nitrogens with zero attached hydrogens (tertiary/aromatic N) is 4. The molecule has 22 heavy (non-hydrogen) atoms. The summed E-state index contributed by atoms with van der Waals surface area (Å²) >= 11 is 0. The summed E-state index contributed by atoms with van der Waals surface area (Å²) in [5.74, 6) is 1.12. The van der Waals surface area contributed by atoms with Gasteiger partial charge in [0.15, 0.2) is 5.82 Å². The molecule has 0 saturated carbocycles. The summed E-state index contributed by atoms with van der Waals surface area (Å²) in [6, 6.07) is 13.8. The van der Waals surface area contributed by atoms with Crippen LogP contribution in [0.3, 0.4) is 0 Å². The molecule has 0 aliphatic carbocycles. The summed E-state index contributed by atoms with van der Waals surface area (Å²) in [4.78, 5) is 13.1. The Labute approximate surface area is 126 Å². The number of hydrogen-bond acceptors (Lipinski definition) is 5. The highest BCUT2D eigenvalue weighted by atomic mass is 16.5. The van der Waals surface area contributed by atoms with Crippen molar-refractivity contribution < 1.29 is 4.52 Å². The lowest BCUT2D eigenvalue weighted by Crippen LogP contribution is -1.90. The van der Waals surface area contributed by atoms with Gasteiger partial charge in [0, 0.05) is 23.3 Å². The number of fused-ring (bicyclic) bond motifs is 1. The Bertz CT molecular complexity index is 947. The largest absolute Gasteiger partial charge is 0.334 e. The Morgan fingerprint density at radius 2 is 1.77 bits per heavy atom. The average molecular weight is 288 g/mol. The molecule has 0 bridgehead atoms. The van der Waals surface area contributed by atoms with Gasteiger partial charge in [0.25, 0.3) is 5.89 Å². The molecule has 0 aliphatic rings. The molecule has 4 aromatic rings. The lowest BCUT2D eigenvalue weighted by molar-refractivity contribution is 0.426. The first-order valence-electron chi connectivity index (χ1n) is 6.92. The van der Waals surface area contributed by atoms with Crippen LogP contribution in [0.4, 0.5) is 0 Å². The monoisotopic (exact) mass is 288 g/mol. The molecule has 5 nitrogen and oxygen atoms in total. The van der Waals surface area contributed by atoms with E-state index in [-0.39, 0.29) is 0 Å². The molecule has 3 aromatic heterocycles. The Kier molecular flexibility index (Phi) is 2.89. The minimum Gasteiger partial charge on any atom is -0.334 e. The first-order valence-corrected chi connectivity index (χ1v) is 6.92. The molecule has 106 valence electrons. The molecule has 0 unspecified atom stereocenters. The number of aryl methyl sites for hydroxylation is 1. The molecular weight excluding hydrogens is 276 g/mol. The third kappa shape index (κ3) is 2.13. The van der Waals surface area contributed by atoms with Gasteiger partial charge in [-0.1, -0.05) is 23.4 Å². The molecule has 0 N–H and O–H groups in total. The number of benzene rings is 1. The van der Waals surface area contributed by atoms with Crippen LogP contribution in [0.25, 0.3) is 33.6 Å². The van der Waals surface area contributed by atoms with Gasteiger partial charge in [-0.3, -0.25) is 4.98 Å². The number of rotatable bonds is 2. The van der Waals surface area contributed by atoms with Crippen LogP contribution in [0.2, 0.25) is 0 Å². The van der Waals surface area contributed by atoms with Crippen LogP contribution in [-0.2, 0) is 0 Å². The van der Waals surface area contributed by atoms with Gasteiger partial charge in [-0.15, -0.1) is 0 Å². The van der Waals surface area contributed by atoms with E-state index in [4.69, 9.17) is 9.51 Å². The van der Waals surface area contributed by atoms with Gasteiger partial charge in [0.05, 0.1) is 16.8 Å². The third-order valence-electron chi connectivity index (χ3n) is 3.45. The lowest BCUT2D eigenvalue weighted by atomic mass is 10.0. The van der Waals surface area contributed by atoms with E-state index < -0.39 is 0 Å². The Hall–Kier alpha value is -3.08. The molecule has 0 aliphatic heterocycles. The van der Waals surface area contributed by atoms with E-state index in [1.54, 1.807) is 19.3 Å². The molecule has 0 spiro atoms. The van der Waals surface area contributed by atoms with E-state index in [9.17, 15) is 0 Å². The molecule has 1 aromatic carbocycles. The van der Waals surface area contributed by atoms with Gasteiger partial charge in [0.1, 0.15) is 0 Å². The van der Waals surface area contributed by atoms with Crippen LogP contribution in [0.5, 0.6) is 0 Å². The van der Waals surface area contributed by atoms with Crippen molar-refractivity contribution in [1.82, 2.24) is 20.1 Å². The average Bonchev–Trinajstić information content (AvgIpc) is 3.01. The van der Waals surface area contributed by atoms with E-state index in [1.807, 2.05) is 42.5 Å². The molecule has 0 radical (unpaired) electrons. The zero-order valence-electron chi connectivity index (χ0n) is 11.9. The van der Waals surface area contributed by atoms with Gasteiger partial charge in [-0.25, -0.2) is 4.98 Å². The van der Waals surface area contributed by atoms with E-state index in [0.717, 1.165) is 27.7 Å².